The maximum absolute atomic E-state index is 12.9. The molecule has 3 aromatic rings. The van der Waals surface area contributed by atoms with Crippen molar-refractivity contribution in [2.45, 2.75) is 44.8 Å². The molecule has 2 atom stereocenters. The molecule has 1 saturated carbocycles. The van der Waals surface area contributed by atoms with Crippen LogP contribution in [-0.2, 0) is 22.9 Å². The Balaban J connectivity index is 1.54. The number of alkyl halides is 3. The third kappa shape index (κ3) is 3.96. The number of amides is 1. The number of carbonyl (C=O) groups excluding carboxylic acids is 1. The van der Waals surface area contributed by atoms with Crippen LogP contribution in [0.1, 0.15) is 35.7 Å². The third-order valence-electron chi connectivity index (χ3n) is 5.47. The van der Waals surface area contributed by atoms with Gasteiger partial charge in [-0.2, -0.15) is 13.2 Å². The first-order valence-electron chi connectivity index (χ1n) is 9.46. The van der Waals surface area contributed by atoms with Gasteiger partial charge in [0.25, 0.3) is 5.82 Å². The van der Waals surface area contributed by atoms with E-state index in [9.17, 15) is 18.0 Å². The number of nitrogens with one attached hydrogen (secondary N) is 1. The fourth-order valence-electron chi connectivity index (χ4n) is 3.82. The second-order valence-electron chi connectivity index (χ2n) is 7.52. The summed E-state index contributed by atoms with van der Waals surface area (Å²) in [6, 6.07) is 9.60. The smallest absolute Gasteiger partial charge is 0.302 e. The van der Waals surface area contributed by atoms with Gasteiger partial charge in [-0.1, -0.05) is 30.3 Å². The minimum absolute atomic E-state index is 0.125. The van der Waals surface area contributed by atoms with E-state index >= 15 is 0 Å². The fraction of sp³-hybridized carbons (Fsp3) is 0.400. The molecule has 1 fully saturated rings. The fourth-order valence-corrected chi connectivity index (χ4v) is 4.51. The van der Waals surface area contributed by atoms with Crippen LogP contribution in [0.15, 0.2) is 35.7 Å². The van der Waals surface area contributed by atoms with Crippen molar-refractivity contribution in [3.05, 3.63) is 58.6 Å². The van der Waals surface area contributed by atoms with Crippen molar-refractivity contribution in [2.24, 2.45) is 5.92 Å². The number of aryl methyl sites for hydroxylation is 3. The zero-order valence-corrected chi connectivity index (χ0v) is 17.2. The van der Waals surface area contributed by atoms with E-state index in [1.165, 1.54) is 22.9 Å². The number of anilines is 1. The quantitative estimate of drug-likeness (QED) is 0.625. The maximum atomic E-state index is 12.9. The molecular formula is C20H20F3N5OS. The summed E-state index contributed by atoms with van der Waals surface area (Å²) in [7, 11) is 0. The van der Waals surface area contributed by atoms with Gasteiger partial charge in [-0.05, 0) is 32.3 Å². The summed E-state index contributed by atoms with van der Waals surface area (Å²) in [5.74, 6) is -1.35. The number of nitrogens with zero attached hydrogens (tertiary/aromatic N) is 4. The van der Waals surface area contributed by atoms with E-state index in [1.54, 1.807) is 0 Å². The number of rotatable bonds is 6. The normalized spacial score (nSPS) is 20.9. The molecular weight excluding hydrogens is 415 g/mol. The van der Waals surface area contributed by atoms with E-state index in [1.807, 2.05) is 42.6 Å². The first-order chi connectivity index (χ1) is 14.2. The number of hydrogen-bond donors (Lipinski definition) is 1. The van der Waals surface area contributed by atoms with Crippen LogP contribution in [0.5, 0.6) is 0 Å². The molecule has 0 unspecified atom stereocenters. The Labute approximate surface area is 175 Å². The SMILES string of the molecule is Cc1csc(NC(=O)[C@@H]2C[C@@]2(CCn2nc(C(F)(F)F)nc2C)c2ccccc2)n1. The molecule has 158 valence electrons. The van der Waals surface area contributed by atoms with Gasteiger partial charge in [0.15, 0.2) is 5.13 Å². The lowest BCUT2D eigenvalue weighted by Crippen LogP contribution is -2.23. The van der Waals surface area contributed by atoms with Crippen LogP contribution >= 0.6 is 11.3 Å². The van der Waals surface area contributed by atoms with Crippen LogP contribution in [0, 0.1) is 19.8 Å². The van der Waals surface area contributed by atoms with Crippen molar-refractivity contribution in [3.8, 4) is 0 Å². The zero-order valence-electron chi connectivity index (χ0n) is 16.4. The second-order valence-corrected chi connectivity index (χ2v) is 8.37. The van der Waals surface area contributed by atoms with Crippen LogP contribution in [0.25, 0.3) is 0 Å². The molecule has 2 heterocycles. The highest BCUT2D eigenvalue weighted by atomic mass is 32.1. The largest absolute Gasteiger partial charge is 0.453 e. The Bertz CT molecular complexity index is 1060. The Morgan fingerprint density at radius 3 is 2.60 bits per heavy atom. The van der Waals surface area contributed by atoms with Crippen LogP contribution in [-0.4, -0.2) is 25.7 Å². The monoisotopic (exact) mass is 435 g/mol. The van der Waals surface area contributed by atoms with Gasteiger partial charge in [-0.3, -0.25) is 4.79 Å². The molecule has 1 N–H and O–H groups in total. The molecule has 1 aliphatic rings. The van der Waals surface area contributed by atoms with Crippen molar-refractivity contribution in [1.29, 1.82) is 0 Å². The molecule has 1 amide bonds. The summed E-state index contributed by atoms with van der Waals surface area (Å²) in [5, 5.41) is 8.89. The van der Waals surface area contributed by atoms with Crippen molar-refractivity contribution in [1.82, 2.24) is 19.7 Å². The molecule has 1 aliphatic carbocycles. The summed E-state index contributed by atoms with van der Waals surface area (Å²) in [4.78, 5) is 20.7. The molecule has 2 aromatic heterocycles. The second kappa shape index (κ2) is 7.50. The molecule has 6 nitrogen and oxygen atoms in total. The van der Waals surface area contributed by atoms with E-state index < -0.39 is 17.4 Å². The Hall–Kier alpha value is -2.75. The van der Waals surface area contributed by atoms with E-state index in [2.05, 4.69) is 20.4 Å². The molecule has 0 spiro atoms. The van der Waals surface area contributed by atoms with Gasteiger partial charge >= 0.3 is 6.18 Å². The highest BCUT2D eigenvalue weighted by molar-refractivity contribution is 7.13. The van der Waals surface area contributed by atoms with E-state index in [0.717, 1.165) is 11.3 Å². The van der Waals surface area contributed by atoms with Crippen molar-refractivity contribution < 1.29 is 18.0 Å². The third-order valence-corrected chi connectivity index (χ3v) is 6.35. The standard InChI is InChI=1S/C20H20F3N5OS/c1-12-11-30-18(24-12)26-16(29)15-10-19(15,14-6-4-3-5-7-14)8-9-28-13(2)25-17(27-28)20(21,22)23/h3-7,11,15H,8-10H2,1-2H3,(H,24,26,29)/t15-,19-/m0/s1. The highest BCUT2D eigenvalue weighted by Crippen LogP contribution is 2.57. The predicted octanol–water partition coefficient (Wildman–Crippen LogP) is 4.36. The molecule has 0 aliphatic heterocycles. The average molecular weight is 435 g/mol. The summed E-state index contributed by atoms with van der Waals surface area (Å²) in [5.41, 5.74) is 1.38. The summed E-state index contributed by atoms with van der Waals surface area (Å²) < 4.78 is 40.0. The van der Waals surface area contributed by atoms with Gasteiger partial charge in [0.1, 0.15) is 5.82 Å². The van der Waals surface area contributed by atoms with Crippen LogP contribution < -0.4 is 5.32 Å². The molecule has 0 saturated heterocycles. The van der Waals surface area contributed by atoms with Gasteiger partial charge in [-0.15, -0.1) is 16.4 Å². The number of benzene rings is 1. The number of halogens is 3. The summed E-state index contributed by atoms with van der Waals surface area (Å²) in [6.07, 6.45) is -3.48. The van der Waals surface area contributed by atoms with Crippen molar-refractivity contribution >= 4 is 22.4 Å². The van der Waals surface area contributed by atoms with Gasteiger partial charge in [0, 0.05) is 23.3 Å². The number of carbonyl (C=O) groups is 1. The molecule has 4 rings (SSSR count). The number of hydrogen-bond acceptors (Lipinski definition) is 5. The molecule has 0 radical (unpaired) electrons. The number of thiazole rings is 1. The minimum atomic E-state index is -4.58. The lowest BCUT2D eigenvalue weighted by molar-refractivity contribution is -0.145. The summed E-state index contributed by atoms with van der Waals surface area (Å²) >= 11 is 1.36. The van der Waals surface area contributed by atoms with Gasteiger partial charge in [-0.25, -0.2) is 14.6 Å². The van der Waals surface area contributed by atoms with E-state index in [0.29, 0.717) is 18.0 Å². The Morgan fingerprint density at radius 1 is 1.27 bits per heavy atom. The Morgan fingerprint density at radius 2 is 2.00 bits per heavy atom. The lowest BCUT2D eigenvalue weighted by atomic mass is 9.89. The first kappa shape index (κ1) is 20.5. The number of aromatic nitrogens is 4. The molecule has 1 aromatic carbocycles. The van der Waals surface area contributed by atoms with Gasteiger partial charge in [0.2, 0.25) is 5.91 Å². The van der Waals surface area contributed by atoms with Crippen LogP contribution in [0.2, 0.25) is 0 Å². The van der Waals surface area contributed by atoms with Crippen LogP contribution in [0.3, 0.4) is 0 Å². The zero-order chi connectivity index (χ0) is 21.5. The van der Waals surface area contributed by atoms with Gasteiger partial charge < -0.3 is 5.32 Å². The van der Waals surface area contributed by atoms with Crippen LogP contribution in [0.4, 0.5) is 18.3 Å². The first-order valence-corrected chi connectivity index (χ1v) is 10.3. The van der Waals surface area contributed by atoms with Crippen molar-refractivity contribution in [2.75, 3.05) is 5.32 Å². The molecule has 0 bridgehead atoms. The average Bonchev–Trinajstić information content (AvgIpc) is 3.11. The predicted molar refractivity (Wildman–Crippen MR) is 106 cm³/mol. The lowest BCUT2D eigenvalue weighted by Gasteiger charge is -2.18. The van der Waals surface area contributed by atoms with E-state index in [-0.39, 0.29) is 24.2 Å². The topological polar surface area (TPSA) is 72.7 Å². The van der Waals surface area contributed by atoms with E-state index in [4.69, 9.17) is 0 Å². The molecule has 30 heavy (non-hydrogen) atoms. The maximum Gasteiger partial charge on any atom is 0.453 e. The Kier molecular flexibility index (Phi) is 5.13. The molecule has 10 heteroatoms. The van der Waals surface area contributed by atoms with Crippen molar-refractivity contribution in [3.63, 3.8) is 0 Å². The van der Waals surface area contributed by atoms with Gasteiger partial charge in [0.05, 0.1) is 5.69 Å². The minimum Gasteiger partial charge on any atom is -0.302 e. The highest BCUT2D eigenvalue weighted by Gasteiger charge is 2.58. The summed E-state index contributed by atoms with van der Waals surface area (Å²) in [6.45, 7) is 3.59.